The van der Waals surface area contributed by atoms with E-state index in [0.29, 0.717) is 0 Å². The number of rotatable bonds is 4. The van der Waals surface area contributed by atoms with Gasteiger partial charge in [-0.25, -0.2) is 0 Å². The van der Waals surface area contributed by atoms with E-state index in [4.69, 9.17) is 0 Å². The molecule has 0 heterocycles. The van der Waals surface area contributed by atoms with Crippen LogP contribution in [0.3, 0.4) is 0 Å². The van der Waals surface area contributed by atoms with Crippen molar-refractivity contribution in [2.75, 3.05) is 6.54 Å². The quantitative estimate of drug-likeness (QED) is 0.340. The van der Waals surface area contributed by atoms with Crippen molar-refractivity contribution < 1.29 is 4.92 Å². The zero-order valence-corrected chi connectivity index (χ0v) is 6.03. The number of nitro groups is 1. The second-order valence-corrected chi connectivity index (χ2v) is 2.67. The van der Waals surface area contributed by atoms with Crippen molar-refractivity contribution in [3.63, 3.8) is 0 Å². The summed E-state index contributed by atoms with van der Waals surface area (Å²) >= 11 is 0. The highest BCUT2D eigenvalue weighted by atomic mass is 16.6. The average molecular weight is 146 g/mol. The fourth-order valence-corrected chi connectivity index (χ4v) is 0.411. The molecule has 0 aliphatic carbocycles. The molecule has 0 aromatic heterocycles. The molecule has 0 aliphatic rings. The van der Waals surface area contributed by atoms with Gasteiger partial charge in [-0.05, 0) is 0 Å². The van der Waals surface area contributed by atoms with Gasteiger partial charge < -0.3 is 0 Å². The average Bonchev–Trinajstić information content (AvgIpc) is 1.84. The van der Waals surface area contributed by atoms with Gasteiger partial charge in [0.05, 0.1) is 6.54 Å². The second-order valence-electron chi connectivity index (χ2n) is 2.67. The number of hydrogen-bond acceptors (Lipinski definition) is 4. The highest BCUT2D eigenvalue weighted by Gasteiger charge is 2.29. The SMILES string of the molecule is CC(C)(CCN=O)[N+](=O)[O-]. The third kappa shape index (κ3) is 2.52. The molecule has 0 radical (unpaired) electrons. The van der Waals surface area contributed by atoms with E-state index < -0.39 is 10.5 Å². The van der Waals surface area contributed by atoms with Crippen LogP contribution in [-0.4, -0.2) is 17.0 Å². The predicted molar refractivity (Wildman–Crippen MR) is 36.4 cm³/mol. The summed E-state index contributed by atoms with van der Waals surface area (Å²) in [4.78, 5) is 19.4. The van der Waals surface area contributed by atoms with Gasteiger partial charge in [0.15, 0.2) is 0 Å². The standard InChI is InChI=1S/C5H10N2O3/c1-5(2,7(9)10)3-4-6-8/h3-4H2,1-2H3. The van der Waals surface area contributed by atoms with Gasteiger partial charge in [0.1, 0.15) is 0 Å². The highest BCUT2D eigenvalue weighted by molar-refractivity contribution is 4.67. The molecule has 0 fully saturated rings. The van der Waals surface area contributed by atoms with Crippen LogP contribution in [0.2, 0.25) is 0 Å². The van der Waals surface area contributed by atoms with E-state index in [1.165, 1.54) is 13.8 Å². The van der Waals surface area contributed by atoms with Crippen LogP contribution in [0.1, 0.15) is 20.3 Å². The monoisotopic (exact) mass is 146 g/mol. The van der Waals surface area contributed by atoms with Crippen LogP contribution < -0.4 is 0 Å². The molecule has 0 N–H and O–H groups in total. The third-order valence-electron chi connectivity index (χ3n) is 1.31. The van der Waals surface area contributed by atoms with Crippen molar-refractivity contribution in [1.29, 1.82) is 0 Å². The molecule has 0 aliphatic heterocycles. The lowest BCUT2D eigenvalue weighted by molar-refractivity contribution is -0.561. The second kappa shape index (κ2) is 3.24. The van der Waals surface area contributed by atoms with E-state index in [1.54, 1.807) is 0 Å². The molecule has 0 aromatic rings. The summed E-state index contributed by atoms with van der Waals surface area (Å²) in [5.41, 5.74) is -1.02. The van der Waals surface area contributed by atoms with Gasteiger partial charge in [-0.3, -0.25) is 10.1 Å². The van der Waals surface area contributed by atoms with Crippen LogP contribution in [0.5, 0.6) is 0 Å². The Morgan fingerprint density at radius 2 is 2.10 bits per heavy atom. The molecule has 5 heteroatoms. The Kier molecular flexibility index (Phi) is 2.92. The van der Waals surface area contributed by atoms with Gasteiger partial charge in [0.25, 0.3) is 0 Å². The fraction of sp³-hybridized carbons (Fsp3) is 1.00. The van der Waals surface area contributed by atoms with Crippen LogP contribution in [0.25, 0.3) is 0 Å². The lowest BCUT2D eigenvalue weighted by Gasteiger charge is -2.12. The number of nitroso groups, excluding NO2 is 1. The first-order valence-corrected chi connectivity index (χ1v) is 2.94. The van der Waals surface area contributed by atoms with E-state index in [2.05, 4.69) is 5.18 Å². The Hall–Kier alpha value is -1.00. The minimum Gasteiger partial charge on any atom is -0.264 e. The van der Waals surface area contributed by atoms with Crippen LogP contribution >= 0.6 is 0 Å². The van der Waals surface area contributed by atoms with E-state index in [0.717, 1.165) is 0 Å². The maximum atomic E-state index is 10.2. The maximum Gasteiger partial charge on any atom is 0.218 e. The Balaban J connectivity index is 3.86. The minimum absolute atomic E-state index is 0.00792. The Bertz CT molecular complexity index is 144. The van der Waals surface area contributed by atoms with Gasteiger partial charge >= 0.3 is 0 Å². The van der Waals surface area contributed by atoms with Gasteiger partial charge in [0, 0.05) is 25.2 Å². The smallest absolute Gasteiger partial charge is 0.218 e. The molecule has 0 unspecified atom stereocenters. The summed E-state index contributed by atoms with van der Waals surface area (Å²) in [5, 5.41) is 12.7. The van der Waals surface area contributed by atoms with Crippen LogP contribution in [0.4, 0.5) is 0 Å². The molecule has 0 saturated carbocycles. The molecule has 0 spiro atoms. The minimum atomic E-state index is -1.02. The molecule has 5 nitrogen and oxygen atoms in total. The molecular formula is C5H10N2O3. The Morgan fingerprint density at radius 1 is 1.60 bits per heavy atom. The van der Waals surface area contributed by atoms with E-state index in [1.807, 2.05) is 0 Å². The topological polar surface area (TPSA) is 72.6 Å². The lowest BCUT2D eigenvalue weighted by atomic mass is 10.0. The van der Waals surface area contributed by atoms with Crippen molar-refractivity contribution in [2.45, 2.75) is 25.8 Å². The van der Waals surface area contributed by atoms with Gasteiger partial charge in [-0.2, -0.15) is 4.91 Å². The maximum absolute atomic E-state index is 10.2. The first kappa shape index (κ1) is 9.00. The van der Waals surface area contributed by atoms with Gasteiger partial charge in [-0.15, -0.1) is 0 Å². The molecule has 0 aromatic carbocycles. The molecule has 0 rings (SSSR count). The summed E-state index contributed by atoms with van der Waals surface area (Å²) in [6.07, 6.45) is 0.198. The highest BCUT2D eigenvalue weighted by Crippen LogP contribution is 2.12. The molecule has 58 valence electrons. The first-order chi connectivity index (χ1) is 4.50. The van der Waals surface area contributed by atoms with Crippen molar-refractivity contribution in [3.8, 4) is 0 Å². The summed E-state index contributed by atoms with van der Waals surface area (Å²) in [6, 6.07) is 0. The Labute approximate surface area is 58.5 Å². The molecule has 0 saturated heterocycles. The largest absolute Gasteiger partial charge is 0.264 e. The number of nitrogens with zero attached hydrogens (tertiary/aromatic N) is 2. The van der Waals surface area contributed by atoms with Crippen molar-refractivity contribution in [2.24, 2.45) is 5.18 Å². The molecular weight excluding hydrogens is 136 g/mol. The summed E-state index contributed by atoms with van der Waals surface area (Å²) in [7, 11) is 0. The number of hydrogen-bond donors (Lipinski definition) is 0. The lowest BCUT2D eigenvalue weighted by Crippen LogP contribution is -2.31. The van der Waals surface area contributed by atoms with Crippen molar-refractivity contribution >= 4 is 0 Å². The summed E-state index contributed by atoms with van der Waals surface area (Å²) in [6.45, 7) is 2.95. The molecule has 0 amide bonds. The summed E-state index contributed by atoms with van der Waals surface area (Å²) in [5.74, 6) is 0. The third-order valence-corrected chi connectivity index (χ3v) is 1.31. The summed E-state index contributed by atoms with van der Waals surface area (Å²) < 4.78 is 0. The fourth-order valence-electron chi connectivity index (χ4n) is 0.411. The predicted octanol–water partition coefficient (Wildman–Crippen LogP) is 1.20. The zero-order valence-electron chi connectivity index (χ0n) is 6.03. The van der Waals surface area contributed by atoms with Crippen LogP contribution in [-0.2, 0) is 0 Å². The van der Waals surface area contributed by atoms with Crippen LogP contribution in [0.15, 0.2) is 5.18 Å². The van der Waals surface area contributed by atoms with E-state index in [-0.39, 0.29) is 13.0 Å². The van der Waals surface area contributed by atoms with E-state index in [9.17, 15) is 15.0 Å². The normalized spacial score (nSPS) is 11.0. The molecule has 0 atom stereocenters. The first-order valence-electron chi connectivity index (χ1n) is 2.94. The van der Waals surface area contributed by atoms with Crippen molar-refractivity contribution in [1.82, 2.24) is 0 Å². The van der Waals surface area contributed by atoms with Gasteiger partial charge in [-0.1, -0.05) is 5.18 Å². The zero-order chi connectivity index (χ0) is 8.20. The molecule has 0 bridgehead atoms. The van der Waals surface area contributed by atoms with E-state index >= 15 is 0 Å². The van der Waals surface area contributed by atoms with Gasteiger partial charge in [0.2, 0.25) is 5.54 Å². The van der Waals surface area contributed by atoms with Crippen LogP contribution in [0, 0.1) is 15.0 Å². The molecule has 10 heavy (non-hydrogen) atoms. The van der Waals surface area contributed by atoms with Crippen molar-refractivity contribution in [3.05, 3.63) is 15.0 Å². The Morgan fingerprint density at radius 3 is 2.40 bits per heavy atom.